The Morgan fingerprint density at radius 3 is 2.52 bits per heavy atom. The van der Waals surface area contributed by atoms with E-state index < -0.39 is 0 Å². The van der Waals surface area contributed by atoms with Gasteiger partial charge in [0.15, 0.2) is 0 Å². The predicted molar refractivity (Wildman–Crippen MR) is 104 cm³/mol. The normalized spacial score (nSPS) is 10.9. The number of amides is 1. The van der Waals surface area contributed by atoms with Crippen molar-refractivity contribution in [2.24, 2.45) is 0 Å². The largest absolute Gasteiger partial charge is 0.337 e. The Labute approximate surface area is 157 Å². The van der Waals surface area contributed by atoms with Crippen molar-refractivity contribution in [2.45, 2.75) is 13.5 Å². The molecule has 0 aliphatic carbocycles. The molecular weight excluding hydrogens is 338 g/mol. The first-order valence-corrected chi connectivity index (χ1v) is 8.91. The average molecular weight is 357 g/mol. The van der Waals surface area contributed by atoms with Crippen molar-refractivity contribution in [3.05, 3.63) is 84.3 Å². The maximum atomic E-state index is 13.1. The molecule has 0 saturated heterocycles. The van der Waals surface area contributed by atoms with Gasteiger partial charge < -0.3 is 9.42 Å². The molecular formula is C22H19N3O2. The van der Waals surface area contributed by atoms with Gasteiger partial charge in [0.1, 0.15) is 6.54 Å². The second-order valence-corrected chi connectivity index (χ2v) is 6.22. The van der Waals surface area contributed by atoms with Gasteiger partial charge in [-0.05, 0) is 23.8 Å². The van der Waals surface area contributed by atoms with Crippen LogP contribution in [-0.2, 0) is 6.54 Å². The summed E-state index contributed by atoms with van der Waals surface area (Å²) < 4.78 is 5.37. The minimum atomic E-state index is -0.0474. The molecule has 0 aliphatic heterocycles. The van der Waals surface area contributed by atoms with Gasteiger partial charge in [-0.25, -0.2) is 0 Å². The van der Waals surface area contributed by atoms with Crippen molar-refractivity contribution in [2.75, 3.05) is 6.54 Å². The molecule has 0 N–H and O–H groups in total. The quantitative estimate of drug-likeness (QED) is 0.526. The molecule has 134 valence electrons. The standard InChI is InChI=1S/C22H19N3O2/c1-2-25(15-20-23-21(24-27-20)17-10-4-3-5-11-17)22(26)19-14-8-12-16-9-6-7-13-18(16)19/h3-14H,2,15H2,1H3. The molecule has 0 unspecified atom stereocenters. The van der Waals surface area contributed by atoms with Gasteiger partial charge in [0.25, 0.3) is 5.91 Å². The Morgan fingerprint density at radius 1 is 0.963 bits per heavy atom. The number of benzene rings is 3. The number of carbonyl (C=O) groups is 1. The highest BCUT2D eigenvalue weighted by Gasteiger charge is 2.19. The zero-order valence-corrected chi connectivity index (χ0v) is 15.0. The third kappa shape index (κ3) is 3.44. The summed E-state index contributed by atoms with van der Waals surface area (Å²) in [5, 5.41) is 6.02. The van der Waals surface area contributed by atoms with Crippen molar-refractivity contribution >= 4 is 16.7 Å². The molecule has 5 heteroatoms. The average Bonchev–Trinajstić information content (AvgIpc) is 3.20. The molecule has 5 nitrogen and oxygen atoms in total. The van der Waals surface area contributed by atoms with Gasteiger partial charge in [0, 0.05) is 17.7 Å². The van der Waals surface area contributed by atoms with Crippen LogP contribution in [0.5, 0.6) is 0 Å². The lowest BCUT2D eigenvalue weighted by atomic mass is 10.0. The Morgan fingerprint density at radius 2 is 1.70 bits per heavy atom. The summed E-state index contributed by atoms with van der Waals surface area (Å²) in [5.41, 5.74) is 1.56. The monoisotopic (exact) mass is 357 g/mol. The van der Waals surface area contributed by atoms with E-state index in [1.165, 1.54) is 0 Å². The molecule has 0 spiro atoms. The Bertz CT molecular complexity index is 1070. The number of hydrogen-bond donors (Lipinski definition) is 0. The fourth-order valence-electron chi connectivity index (χ4n) is 3.10. The summed E-state index contributed by atoms with van der Waals surface area (Å²) in [4.78, 5) is 19.3. The van der Waals surface area contributed by atoms with E-state index in [1.807, 2.05) is 79.7 Å². The van der Waals surface area contributed by atoms with Crippen LogP contribution in [0.3, 0.4) is 0 Å². The molecule has 1 heterocycles. The van der Waals surface area contributed by atoms with Crippen LogP contribution in [0.25, 0.3) is 22.2 Å². The lowest BCUT2D eigenvalue weighted by molar-refractivity contribution is 0.0736. The summed E-state index contributed by atoms with van der Waals surface area (Å²) in [6.07, 6.45) is 0. The van der Waals surface area contributed by atoms with Gasteiger partial charge in [-0.2, -0.15) is 4.98 Å². The number of carbonyl (C=O) groups excluding carboxylic acids is 1. The molecule has 0 atom stereocenters. The minimum absolute atomic E-state index is 0.0474. The maximum absolute atomic E-state index is 13.1. The fraction of sp³-hybridized carbons (Fsp3) is 0.136. The van der Waals surface area contributed by atoms with Gasteiger partial charge >= 0.3 is 0 Å². The highest BCUT2D eigenvalue weighted by atomic mass is 16.5. The SMILES string of the molecule is CCN(Cc1nc(-c2ccccc2)no1)C(=O)c1cccc2ccccc12. The van der Waals surface area contributed by atoms with Gasteiger partial charge in [0.2, 0.25) is 11.7 Å². The molecule has 27 heavy (non-hydrogen) atoms. The third-order valence-electron chi connectivity index (χ3n) is 4.52. The van der Waals surface area contributed by atoms with Gasteiger partial charge in [0.05, 0.1) is 0 Å². The van der Waals surface area contributed by atoms with Crippen molar-refractivity contribution in [3.8, 4) is 11.4 Å². The maximum Gasteiger partial charge on any atom is 0.254 e. The zero-order chi connectivity index (χ0) is 18.6. The fourth-order valence-corrected chi connectivity index (χ4v) is 3.10. The lowest BCUT2D eigenvalue weighted by Gasteiger charge is -2.19. The van der Waals surface area contributed by atoms with E-state index in [0.29, 0.717) is 23.8 Å². The molecule has 4 aromatic rings. The first-order chi connectivity index (χ1) is 13.3. The molecule has 3 aromatic carbocycles. The summed E-state index contributed by atoms with van der Waals surface area (Å²) in [6.45, 7) is 2.76. The van der Waals surface area contributed by atoms with Crippen LogP contribution in [0.15, 0.2) is 77.3 Å². The lowest BCUT2D eigenvalue weighted by Crippen LogP contribution is -2.30. The van der Waals surface area contributed by atoms with E-state index in [-0.39, 0.29) is 12.5 Å². The number of nitrogens with zero attached hydrogens (tertiary/aromatic N) is 3. The van der Waals surface area contributed by atoms with Gasteiger partial charge in [-0.3, -0.25) is 4.79 Å². The number of fused-ring (bicyclic) bond motifs is 1. The van der Waals surface area contributed by atoms with E-state index >= 15 is 0 Å². The first kappa shape index (κ1) is 17.0. The molecule has 0 saturated carbocycles. The van der Waals surface area contributed by atoms with E-state index in [4.69, 9.17) is 4.52 Å². The molecule has 1 aromatic heterocycles. The topological polar surface area (TPSA) is 59.2 Å². The Hall–Kier alpha value is -3.47. The van der Waals surface area contributed by atoms with E-state index in [0.717, 1.165) is 16.3 Å². The van der Waals surface area contributed by atoms with Crippen LogP contribution >= 0.6 is 0 Å². The van der Waals surface area contributed by atoms with Crippen molar-refractivity contribution in [3.63, 3.8) is 0 Å². The summed E-state index contributed by atoms with van der Waals surface area (Å²) in [5.74, 6) is 0.900. The second-order valence-electron chi connectivity index (χ2n) is 6.22. The molecule has 0 fully saturated rings. The van der Waals surface area contributed by atoms with Crippen LogP contribution < -0.4 is 0 Å². The van der Waals surface area contributed by atoms with Crippen LogP contribution in [-0.4, -0.2) is 27.5 Å². The number of hydrogen-bond acceptors (Lipinski definition) is 4. The second kappa shape index (κ2) is 7.41. The van der Waals surface area contributed by atoms with Crippen molar-refractivity contribution < 1.29 is 9.32 Å². The number of rotatable bonds is 5. The highest BCUT2D eigenvalue weighted by molar-refractivity contribution is 6.06. The third-order valence-corrected chi connectivity index (χ3v) is 4.52. The minimum Gasteiger partial charge on any atom is -0.337 e. The highest BCUT2D eigenvalue weighted by Crippen LogP contribution is 2.21. The Kier molecular flexibility index (Phi) is 4.66. The van der Waals surface area contributed by atoms with E-state index in [1.54, 1.807) is 4.90 Å². The molecule has 0 radical (unpaired) electrons. The molecule has 0 aliphatic rings. The first-order valence-electron chi connectivity index (χ1n) is 8.91. The summed E-state index contributed by atoms with van der Waals surface area (Å²) in [7, 11) is 0. The summed E-state index contributed by atoms with van der Waals surface area (Å²) >= 11 is 0. The number of aromatic nitrogens is 2. The molecule has 4 rings (SSSR count). The van der Waals surface area contributed by atoms with Gasteiger partial charge in [-0.15, -0.1) is 0 Å². The zero-order valence-electron chi connectivity index (χ0n) is 15.0. The molecule has 1 amide bonds. The smallest absolute Gasteiger partial charge is 0.254 e. The van der Waals surface area contributed by atoms with Crippen LogP contribution in [0, 0.1) is 0 Å². The van der Waals surface area contributed by atoms with Crippen molar-refractivity contribution in [1.82, 2.24) is 15.0 Å². The van der Waals surface area contributed by atoms with Crippen LogP contribution in [0.4, 0.5) is 0 Å². The summed E-state index contributed by atoms with van der Waals surface area (Å²) in [6, 6.07) is 23.3. The van der Waals surface area contributed by atoms with Crippen LogP contribution in [0.1, 0.15) is 23.2 Å². The van der Waals surface area contributed by atoms with Crippen molar-refractivity contribution in [1.29, 1.82) is 0 Å². The van der Waals surface area contributed by atoms with Gasteiger partial charge in [-0.1, -0.05) is 71.9 Å². The molecule has 0 bridgehead atoms. The predicted octanol–water partition coefficient (Wildman–Crippen LogP) is 4.55. The van der Waals surface area contributed by atoms with Crippen LogP contribution in [0.2, 0.25) is 0 Å². The van der Waals surface area contributed by atoms with E-state index in [2.05, 4.69) is 10.1 Å². The Balaban J connectivity index is 1.59. The van der Waals surface area contributed by atoms with E-state index in [9.17, 15) is 4.79 Å².